The van der Waals surface area contributed by atoms with Crippen molar-refractivity contribution in [1.29, 1.82) is 0 Å². The number of hydrogen-bond donors (Lipinski definition) is 1. The van der Waals surface area contributed by atoms with E-state index in [1.165, 1.54) is 16.3 Å². The van der Waals surface area contributed by atoms with Crippen LogP contribution in [0.1, 0.15) is 11.1 Å². The van der Waals surface area contributed by atoms with E-state index in [0.29, 0.717) is 0 Å². The maximum atomic E-state index is 4.14. The molecular formula is C19H17N. The van der Waals surface area contributed by atoms with Crippen LogP contribution in [0, 0.1) is 0 Å². The summed E-state index contributed by atoms with van der Waals surface area (Å²) in [6.45, 7) is 4.93. The van der Waals surface area contributed by atoms with Crippen molar-refractivity contribution in [3.8, 4) is 0 Å². The van der Waals surface area contributed by atoms with Crippen molar-refractivity contribution in [2.75, 3.05) is 0 Å². The summed E-state index contributed by atoms with van der Waals surface area (Å²) in [5.74, 6) is 0. The molecule has 0 saturated heterocycles. The van der Waals surface area contributed by atoms with Gasteiger partial charge in [0.25, 0.3) is 0 Å². The summed E-state index contributed by atoms with van der Waals surface area (Å²) in [5.41, 5.74) is 3.36. The van der Waals surface area contributed by atoms with E-state index >= 15 is 0 Å². The van der Waals surface area contributed by atoms with Crippen LogP contribution in [0.4, 0.5) is 0 Å². The Kier molecular flexibility index (Phi) is 3.51. The van der Waals surface area contributed by atoms with Crippen LogP contribution in [0.2, 0.25) is 0 Å². The van der Waals surface area contributed by atoms with Gasteiger partial charge in [0.2, 0.25) is 0 Å². The van der Waals surface area contributed by atoms with Gasteiger partial charge in [-0.15, -0.1) is 0 Å². The van der Waals surface area contributed by atoms with Gasteiger partial charge in [0.05, 0.1) is 0 Å². The molecule has 0 aromatic heterocycles. The Bertz CT molecular complexity index is 729. The van der Waals surface area contributed by atoms with Crippen LogP contribution in [-0.4, -0.2) is 0 Å². The first-order valence-corrected chi connectivity index (χ1v) is 6.79. The monoisotopic (exact) mass is 259 g/mol. The van der Waals surface area contributed by atoms with Gasteiger partial charge in [-0.3, -0.25) is 0 Å². The third kappa shape index (κ3) is 2.72. The molecule has 0 heterocycles. The highest BCUT2D eigenvalue weighted by Gasteiger charge is 2.00. The van der Waals surface area contributed by atoms with E-state index in [1.807, 2.05) is 6.07 Å². The lowest BCUT2D eigenvalue weighted by atomic mass is 10.1. The van der Waals surface area contributed by atoms with Crippen LogP contribution in [0.25, 0.3) is 16.5 Å². The first kappa shape index (κ1) is 12.5. The molecule has 0 aliphatic carbocycles. The molecular weight excluding hydrogens is 242 g/mol. The zero-order valence-corrected chi connectivity index (χ0v) is 11.3. The highest BCUT2D eigenvalue weighted by atomic mass is 14.9. The molecule has 0 aliphatic rings. The molecule has 0 spiro atoms. The Balaban J connectivity index is 1.75. The zero-order chi connectivity index (χ0) is 13.8. The number of hydrogen-bond acceptors (Lipinski definition) is 1. The molecule has 0 amide bonds. The predicted octanol–water partition coefficient (Wildman–Crippen LogP) is 4.60. The van der Waals surface area contributed by atoms with E-state index in [0.717, 1.165) is 17.8 Å². The van der Waals surface area contributed by atoms with Gasteiger partial charge in [-0.2, -0.15) is 0 Å². The molecule has 1 heteroatoms. The number of benzene rings is 3. The molecule has 0 unspecified atom stereocenters. The lowest BCUT2D eigenvalue weighted by Crippen LogP contribution is -2.10. The van der Waals surface area contributed by atoms with Gasteiger partial charge < -0.3 is 5.32 Å². The average Bonchev–Trinajstić information content (AvgIpc) is 2.53. The standard InChI is InChI=1S/C19H17N/c1-15(20-14-16-7-3-2-4-8-16)18-12-11-17-9-5-6-10-19(17)13-18/h2-13,20H,1,14H2. The van der Waals surface area contributed by atoms with Crippen molar-refractivity contribution in [1.82, 2.24) is 5.32 Å². The fourth-order valence-electron chi connectivity index (χ4n) is 2.28. The normalized spacial score (nSPS) is 10.4. The Labute approximate surface area is 119 Å². The molecule has 0 saturated carbocycles. The van der Waals surface area contributed by atoms with Crippen LogP contribution < -0.4 is 5.32 Å². The highest BCUT2D eigenvalue weighted by molar-refractivity contribution is 5.85. The number of nitrogens with one attached hydrogen (secondary N) is 1. The number of fused-ring (bicyclic) bond motifs is 1. The van der Waals surface area contributed by atoms with Gasteiger partial charge >= 0.3 is 0 Å². The fraction of sp³-hybridized carbons (Fsp3) is 0.0526. The largest absolute Gasteiger partial charge is 0.381 e. The van der Waals surface area contributed by atoms with Crippen LogP contribution in [0.15, 0.2) is 79.4 Å². The zero-order valence-electron chi connectivity index (χ0n) is 11.3. The third-order valence-corrected chi connectivity index (χ3v) is 3.45. The van der Waals surface area contributed by atoms with Crippen LogP contribution in [0.5, 0.6) is 0 Å². The van der Waals surface area contributed by atoms with Crippen molar-refractivity contribution >= 4 is 16.5 Å². The summed E-state index contributed by atoms with van der Waals surface area (Å²) in [7, 11) is 0. The highest BCUT2D eigenvalue weighted by Crippen LogP contribution is 2.19. The molecule has 0 atom stereocenters. The molecule has 1 N–H and O–H groups in total. The van der Waals surface area contributed by atoms with Crippen molar-refractivity contribution < 1.29 is 0 Å². The Morgan fingerprint density at radius 3 is 2.30 bits per heavy atom. The van der Waals surface area contributed by atoms with Gasteiger partial charge in [0.1, 0.15) is 0 Å². The van der Waals surface area contributed by atoms with Crippen molar-refractivity contribution in [2.24, 2.45) is 0 Å². The second kappa shape index (κ2) is 5.62. The average molecular weight is 259 g/mol. The Morgan fingerprint density at radius 2 is 1.50 bits per heavy atom. The Morgan fingerprint density at radius 1 is 0.800 bits per heavy atom. The van der Waals surface area contributed by atoms with Crippen molar-refractivity contribution in [3.05, 3.63) is 90.5 Å². The molecule has 20 heavy (non-hydrogen) atoms. The Hall–Kier alpha value is -2.54. The van der Waals surface area contributed by atoms with E-state index in [2.05, 4.69) is 78.6 Å². The van der Waals surface area contributed by atoms with E-state index in [-0.39, 0.29) is 0 Å². The molecule has 0 bridgehead atoms. The summed E-state index contributed by atoms with van der Waals surface area (Å²) in [6, 6.07) is 25.2. The minimum atomic E-state index is 0.798. The van der Waals surface area contributed by atoms with E-state index < -0.39 is 0 Å². The smallest absolute Gasteiger partial charge is 0.0400 e. The summed E-state index contributed by atoms with van der Waals surface area (Å²) < 4.78 is 0. The van der Waals surface area contributed by atoms with Gasteiger partial charge in [0.15, 0.2) is 0 Å². The predicted molar refractivity (Wildman–Crippen MR) is 86.3 cm³/mol. The minimum absolute atomic E-state index is 0.798. The lowest BCUT2D eigenvalue weighted by molar-refractivity contribution is 0.892. The van der Waals surface area contributed by atoms with Crippen LogP contribution in [0.3, 0.4) is 0 Å². The molecule has 3 aromatic carbocycles. The van der Waals surface area contributed by atoms with Crippen molar-refractivity contribution in [3.63, 3.8) is 0 Å². The molecule has 3 aromatic rings. The summed E-state index contributed by atoms with van der Waals surface area (Å²) in [6.07, 6.45) is 0. The molecule has 3 rings (SSSR count). The minimum Gasteiger partial charge on any atom is -0.381 e. The van der Waals surface area contributed by atoms with Crippen LogP contribution in [-0.2, 0) is 6.54 Å². The van der Waals surface area contributed by atoms with Gasteiger partial charge in [-0.1, -0.05) is 73.3 Å². The first-order valence-electron chi connectivity index (χ1n) is 6.79. The summed E-state index contributed by atoms with van der Waals surface area (Å²) in [5, 5.41) is 5.89. The third-order valence-electron chi connectivity index (χ3n) is 3.45. The SMILES string of the molecule is C=C(NCc1ccccc1)c1ccc2ccccc2c1. The molecule has 0 radical (unpaired) electrons. The van der Waals surface area contributed by atoms with Gasteiger partial charge in [0, 0.05) is 12.2 Å². The maximum absolute atomic E-state index is 4.14. The number of rotatable bonds is 4. The maximum Gasteiger partial charge on any atom is 0.0400 e. The second-order valence-electron chi connectivity index (χ2n) is 4.88. The topological polar surface area (TPSA) is 12.0 Å². The van der Waals surface area contributed by atoms with E-state index in [4.69, 9.17) is 0 Å². The lowest BCUT2D eigenvalue weighted by Gasteiger charge is -2.11. The molecule has 0 fully saturated rings. The molecule has 98 valence electrons. The fourth-order valence-corrected chi connectivity index (χ4v) is 2.28. The van der Waals surface area contributed by atoms with Gasteiger partial charge in [-0.25, -0.2) is 0 Å². The van der Waals surface area contributed by atoms with Crippen LogP contribution >= 0.6 is 0 Å². The first-order chi connectivity index (χ1) is 9.83. The quantitative estimate of drug-likeness (QED) is 0.722. The second-order valence-corrected chi connectivity index (χ2v) is 4.88. The molecule has 1 nitrogen and oxygen atoms in total. The van der Waals surface area contributed by atoms with E-state index in [1.54, 1.807) is 0 Å². The van der Waals surface area contributed by atoms with Crippen molar-refractivity contribution in [2.45, 2.75) is 6.54 Å². The summed E-state index contributed by atoms with van der Waals surface area (Å²) in [4.78, 5) is 0. The summed E-state index contributed by atoms with van der Waals surface area (Å²) >= 11 is 0. The molecule has 0 aliphatic heterocycles. The van der Waals surface area contributed by atoms with Gasteiger partial charge in [-0.05, 0) is 28.0 Å². The van der Waals surface area contributed by atoms with E-state index in [9.17, 15) is 0 Å².